The molecule has 82 valence electrons. The van der Waals surface area contributed by atoms with Crippen molar-refractivity contribution >= 4 is 33.5 Å². The summed E-state index contributed by atoms with van der Waals surface area (Å²) in [5, 5.41) is -0.782. The van der Waals surface area contributed by atoms with Crippen LogP contribution in [-0.4, -0.2) is 18.5 Å². The van der Waals surface area contributed by atoms with Crippen LogP contribution in [0.25, 0.3) is 0 Å². The Hall–Kier alpha value is -0.610. The highest BCUT2D eigenvalue weighted by molar-refractivity contribution is 9.10. The van der Waals surface area contributed by atoms with Crippen molar-refractivity contribution in [3.05, 3.63) is 34.1 Å². The molecule has 0 aliphatic rings. The van der Waals surface area contributed by atoms with Crippen molar-refractivity contribution in [3.63, 3.8) is 0 Å². The van der Waals surface area contributed by atoms with E-state index in [9.17, 15) is 9.18 Å². The molecule has 2 nitrogen and oxygen atoms in total. The summed E-state index contributed by atoms with van der Waals surface area (Å²) >= 11 is 8.79. The molecule has 0 radical (unpaired) electrons. The van der Waals surface area contributed by atoms with Crippen LogP contribution < -0.4 is 0 Å². The molecule has 0 aliphatic heterocycles. The number of benzene rings is 1. The van der Waals surface area contributed by atoms with Crippen LogP contribution in [0.1, 0.15) is 5.56 Å². The fraction of sp³-hybridized carbons (Fsp3) is 0.300. The summed E-state index contributed by atoms with van der Waals surface area (Å²) < 4.78 is 18.0. The van der Waals surface area contributed by atoms with E-state index in [4.69, 9.17) is 11.6 Å². The molecule has 0 spiro atoms. The van der Waals surface area contributed by atoms with Crippen molar-refractivity contribution in [2.24, 2.45) is 0 Å². The number of methoxy groups -OCH3 is 1. The minimum Gasteiger partial charge on any atom is -0.468 e. The van der Waals surface area contributed by atoms with E-state index in [0.29, 0.717) is 10.0 Å². The first-order chi connectivity index (χ1) is 7.04. The van der Waals surface area contributed by atoms with Crippen LogP contribution in [-0.2, 0) is 16.0 Å². The van der Waals surface area contributed by atoms with E-state index in [1.54, 1.807) is 12.1 Å². The van der Waals surface area contributed by atoms with E-state index in [1.165, 1.54) is 13.2 Å². The van der Waals surface area contributed by atoms with Gasteiger partial charge in [-0.2, -0.15) is 0 Å². The molecule has 0 aliphatic carbocycles. The minimum atomic E-state index is -0.782. The summed E-state index contributed by atoms with van der Waals surface area (Å²) in [5.74, 6) is -0.888. The molecule has 0 amide bonds. The monoisotopic (exact) mass is 294 g/mol. The molecule has 0 N–H and O–H groups in total. The highest BCUT2D eigenvalue weighted by Gasteiger charge is 2.16. The number of carbonyl (C=O) groups excluding carboxylic acids is 1. The first kappa shape index (κ1) is 12.5. The Labute approximate surface area is 101 Å². The second kappa shape index (κ2) is 5.47. The third kappa shape index (κ3) is 3.47. The van der Waals surface area contributed by atoms with Gasteiger partial charge in [0.1, 0.15) is 11.2 Å². The number of alkyl halides is 1. The van der Waals surface area contributed by atoms with E-state index in [-0.39, 0.29) is 12.2 Å². The van der Waals surface area contributed by atoms with E-state index >= 15 is 0 Å². The number of hydrogen-bond donors (Lipinski definition) is 0. The zero-order valence-corrected chi connectivity index (χ0v) is 10.3. The summed E-state index contributed by atoms with van der Waals surface area (Å²) in [5.41, 5.74) is 0.654. The maximum absolute atomic E-state index is 13.1. The van der Waals surface area contributed by atoms with Gasteiger partial charge in [0.2, 0.25) is 0 Å². The van der Waals surface area contributed by atoms with Crippen molar-refractivity contribution in [1.82, 2.24) is 0 Å². The van der Waals surface area contributed by atoms with Crippen molar-refractivity contribution in [1.29, 1.82) is 0 Å². The summed E-state index contributed by atoms with van der Waals surface area (Å²) in [4.78, 5) is 11.0. The smallest absolute Gasteiger partial charge is 0.324 e. The van der Waals surface area contributed by atoms with Gasteiger partial charge in [0, 0.05) is 0 Å². The van der Waals surface area contributed by atoms with Crippen LogP contribution >= 0.6 is 27.5 Å². The van der Waals surface area contributed by atoms with Crippen LogP contribution in [0.15, 0.2) is 22.7 Å². The SMILES string of the molecule is COC(=O)C(Cl)Cc1ccc(Br)c(F)c1. The first-order valence-corrected chi connectivity index (χ1v) is 5.43. The quantitative estimate of drug-likeness (QED) is 0.633. The lowest BCUT2D eigenvalue weighted by Crippen LogP contribution is -2.18. The molecular formula is C10H9BrClFO2. The average Bonchev–Trinajstić information content (AvgIpc) is 2.22. The van der Waals surface area contributed by atoms with Crippen molar-refractivity contribution in [2.45, 2.75) is 11.8 Å². The highest BCUT2D eigenvalue weighted by atomic mass is 79.9. The van der Waals surface area contributed by atoms with Gasteiger partial charge >= 0.3 is 5.97 Å². The maximum Gasteiger partial charge on any atom is 0.324 e. The summed E-state index contributed by atoms with van der Waals surface area (Å²) in [6.45, 7) is 0. The Morgan fingerprint density at radius 1 is 1.67 bits per heavy atom. The molecule has 1 aromatic rings. The largest absolute Gasteiger partial charge is 0.468 e. The molecule has 1 rings (SSSR count). The lowest BCUT2D eigenvalue weighted by molar-refractivity contribution is -0.140. The van der Waals surface area contributed by atoms with Crippen LogP contribution in [0.2, 0.25) is 0 Å². The number of carbonyl (C=O) groups is 1. The number of hydrogen-bond acceptors (Lipinski definition) is 2. The average molecular weight is 296 g/mol. The molecule has 5 heteroatoms. The van der Waals surface area contributed by atoms with Gasteiger partial charge in [-0.1, -0.05) is 6.07 Å². The normalized spacial score (nSPS) is 12.3. The molecular weight excluding hydrogens is 286 g/mol. The van der Waals surface area contributed by atoms with Crippen molar-refractivity contribution in [3.8, 4) is 0 Å². The number of halogens is 3. The Morgan fingerprint density at radius 2 is 2.33 bits per heavy atom. The number of esters is 1. The third-order valence-corrected chi connectivity index (χ3v) is 2.83. The van der Waals surface area contributed by atoms with Crippen LogP contribution in [0, 0.1) is 5.82 Å². The summed E-state index contributed by atoms with van der Waals surface area (Å²) in [7, 11) is 1.26. The topological polar surface area (TPSA) is 26.3 Å². The Morgan fingerprint density at radius 3 is 2.87 bits per heavy atom. The minimum absolute atomic E-state index is 0.248. The Balaban J connectivity index is 2.73. The molecule has 0 saturated carbocycles. The molecule has 15 heavy (non-hydrogen) atoms. The van der Waals surface area contributed by atoms with Gasteiger partial charge in [-0.25, -0.2) is 4.39 Å². The maximum atomic E-state index is 13.1. The lowest BCUT2D eigenvalue weighted by atomic mass is 10.1. The predicted molar refractivity (Wildman–Crippen MR) is 59.5 cm³/mol. The summed E-state index contributed by atoms with van der Waals surface area (Å²) in [6.07, 6.45) is 0.248. The number of ether oxygens (including phenoxy) is 1. The molecule has 1 unspecified atom stereocenters. The predicted octanol–water partition coefficient (Wildman–Crippen LogP) is 2.91. The lowest BCUT2D eigenvalue weighted by Gasteiger charge is -2.07. The van der Waals surface area contributed by atoms with E-state index in [2.05, 4.69) is 20.7 Å². The fourth-order valence-electron chi connectivity index (χ4n) is 1.08. The zero-order chi connectivity index (χ0) is 11.4. The first-order valence-electron chi connectivity index (χ1n) is 4.20. The van der Waals surface area contributed by atoms with Gasteiger partial charge in [-0.3, -0.25) is 4.79 Å². The van der Waals surface area contributed by atoms with E-state index in [1.807, 2.05) is 0 Å². The summed E-state index contributed by atoms with van der Waals surface area (Å²) in [6, 6.07) is 4.61. The molecule has 0 fully saturated rings. The van der Waals surface area contributed by atoms with Gasteiger partial charge in [-0.05, 0) is 40.0 Å². The Kier molecular flexibility index (Phi) is 4.54. The van der Waals surface area contributed by atoms with Crippen LogP contribution in [0.3, 0.4) is 0 Å². The highest BCUT2D eigenvalue weighted by Crippen LogP contribution is 2.18. The van der Waals surface area contributed by atoms with Gasteiger partial charge in [0.15, 0.2) is 0 Å². The molecule has 1 aromatic carbocycles. The van der Waals surface area contributed by atoms with Crippen molar-refractivity contribution in [2.75, 3.05) is 7.11 Å². The molecule has 0 saturated heterocycles. The van der Waals surface area contributed by atoms with Gasteiger partial charge in [0.05, 0.1) is 11.6 Å². The Bertz CT molecular complexity index is 370. The van der Waals surface area contributed by atoms with E-state index < -0.39 is 11.3 Å². The second-order valence-corrected chi connectivity index (χ2v) is 4.32. The van der Waals surface area contributed by atoms with Gasteiger partial charge in [-0.15, -0.1) is 11.6 Å². The van der Waals surface area contributed by atoms with Gasteiger partial charge < -0.3 is 4.74 Å². The zero-order valence-electron chi connectivity index (χ0n) is 7.97. The van der Waals surface area contributed by atoms with Crippen LogP contribution in [0.5, 0.6) is 0 Å². The third-order valence-electron chi connectivity index (χ3n) is 1.86. The van der Waals surface area contributed by atoms with Gasteiger partial charge in [0.25, 0.3) is 0 Å². The number of rotatable bonds is 3. The van der Waals surface area contributed by atoms with Crippen LogP contribution in [0.4, 0.5) is 4.39 Å². The van der Waals surface area contributed by atoms with Crippen molar-refractivity contribution < 1.29 is 13.9 Å². The fourth-order valence-corrected chi connectivity index (χ4v) is 1.60. The molecule has 0 bridgehead atoms. The molecule has 0 aromatic heterocycles. The standard InChI is InChI=1S/C10H9BrClFO2/c1-15-10(14)8(12)4-6-2-3-7(11)9(13)5-6/h2-3,5,8H,4H2,1H3. The molecule has 1 atom stereocenters. The molecule has 0 heterocycles. The second-order valence-electron chi connectivity index (χ2n) is 2.94. The van der Waals surface area contributed by atoms with E-state index in [0.717, 1.165) is 0 Å².